The van der Waals surface area contributed by atoms with Crippen LogP contribution in [0.5, 0.6) is 5.75 Å². The molecule has 3 rings (SSSR count). The van der Waals surface area contributed by atoms with Gasteiger partial charge in [-0.2, -0.15) is 0 Å². The van der Waals surface area contributed by atoms with E-state index < -0.39 is 21.7 Å². The van der Waals surface area contributed by atoms with Crippen molar-refractivity contribution in [3.05, 3.63) is 89.5 Å². The Bertz CT molecular complexity index is 1180. The van der Waals surface area contributed by atoms with E-state index in [1.807, 2.05) is 0 Å². The molecule has 3 aromatic rings. The monoisotopic (exact) mass is 446 g/mol. The molecule has 0 saturated carbocycles. The quantitative estimate of drug-likeness (QED) is 0.594. The first kappa shape index (κ1) is 22.2. The maximum atomic E-state index is 13.8. The van der Waals surface area contributed by atoms with Gasteiger partial charge in [-0.25, -0.2) is 17.2 Å². The minimum absolute atomic E-state index is 0.0829. The molecule has 9 heteroatoms. The molecule has 1 amide bonds. The Morgan fingerprint density at radius 2 is 1.65 bits per heavy atom. The van der Waals surface area contributed by atoms with E-state index in [4.69, 9.17) is 4.74 Å². The molecule has 0 aliphatic carbocycles. The largest absolute Gasteiger partial charge is 0.494 e. The summed E-state index contributed by atoms with van der Waals surface area (Å²) in [5, 5.41) is 0. The average molecular weight is 446 g/mol. The predicted octanol–water partition coefficient (Wildman–Crippen LogP) is 4.05. The van der Waals surface area contributed by atoms with E-state index >= 15 is 0 Å². The number of sulfonamides is 1. The van der Waals surface area contributed by atoms with E-state index in [0.717, 1.165) is 24.3 Å². The zero-order valence-corrected chi connectivity index (χ0v) is 17.6. The lowest BCUT2D eigenvalue weighted by molar-refractivity contribution is 0.0785. The number of amides is 1. The molecule has 1 N–H and O–H groups in total. The summed E-state index contributed by atoms with van der Waals surface area (Å²) >= 11 is 0. The average Bonchev–Trinajstić information content (AvgIpc) is 2.74. The highest BCUT2D eigenvalue weighted by atomic mass is 32.2. The number of anilines is 1. The van der Waals surface area contributed by atoms with Gasteiger partial charge in [0.1, 0.15) is 5.82 Å². The second kappa shape index (κ2) is 9.13. The third-order valence-corrected chi connectivity index (χ3v) is 5.89. The number of carbonyl (C=O) groups excluding carboxylic acids is 1. The van der Waals surface area contributed by atoms with Gasteiger partial charge in [0.2, 0.25) is 0 Å². The zero-order valence-electron chi connectivity index (χ0n) is 16.8. The molecule has 0 aliphatic rings. The summed E-state index contributed by atoms with van der Waals surface area (Å²) in [4.78, 5) is 14.0. The van der Waals surface area contributed by atoms with Gasteiger partial charge in [0.05, 0.1) is 12.0 Å². The Morgan fingerprint density at radius 1 is 1.00 bits per heavy atom. The van der Waals surface area contributed by atoms with Gasteiger partial charge in [-0.15, -0.1) is 0 Å². The van der Waals surface area contributed by atoms with Crippen molar-refractivity contribution in [2.24, 2.45) is 0 Å². The fourth-order valence-corrected chi connectivity index (χ4v) is 3.94. The topological polar surface area (TPSA) is 75.7 Å². The Balaban J connectivity index is 1.68. The number of carbonyl (C=O) groups is 1. The van der Waals surface area contributed by atoms with E-state index in [1.54, 1.807) is 13.1 Å². The Kier molecular flexibility index (Phi) is 6.55. The zero-order chi connectivity index (χ0) is 22.6. The van der Waals surface area contributed by atoms with Crippen molar-refractivity contribution in [1.29, 1.82) is 0 Å². The number of nitrogens with one attached hydrogen (secondary N) is 1. The molecular weight excluding hydrogens is 426 g/mol. The summed E-state index contributed by atoms with van der Waals surface area (Å²) in [5.41, 5.74) is 1.18. The van der Waals surface area contributed by atoms with Crippen molar-refractivity contribution >= 4 is 21.6 Å². The molecule has 162 valence electrons. The molecule has 0 saturated heterocycles. The fourth-order valence-electron chi connectivity index (χ4n) is 2.88. The van der Waals surface area contributed by atoms with Crippen LogP contribution in [0, 0.1) is 11.6 Å². The third kappa shape index (κ3) is 5.37. The number of halogens is 2. The van der Waals surface area contributed by atoms with Crippen molar-refractivity contribution < 1.29 is 26.7 Å². The van der Waals surface area contributed by atoms with Crippen LogP contribution in [0.25, 0.3) is 0 Å². The van der Waals surface area contributed by atoms with Crippen molar-refractivity contribution in [3.63, 3.8) is 0 Å². The van der Waals surface area contributed by atoms with Crippen LogP contribution in [0.4, 0.5) is 14.5 Å². The van der Waals surface area contributed by atoms with Crippen molar-refractivity contribution in [1.82, 2.24) is 4.90 Å². The summed E-state index contributed by atoms with van der Waals surface area (Å²) in [6.45, 7) is 0.179. The number of benzene rings is 3. The first-order valence-electron chi connectivity index (χ1n) is 9.16. The van der Waals surface area contributed by atoms with Crippen LogP contribution < -0.4 is 9.46 Å². The van der Waals surface area contributed by atoms with Crippen LogP contribution in [-0.4, -0.2) is 33.4 Å². The van der Waals surface area contributed by atoms with E-state index in [9.17, 15) is 22.0 Å². The maximum absolute atomic E-state index is 13.8. The molecule has 0 unspecified atom stereocenters. The first-order valence-corrected chi connectivity index (χ1v) is 10.6. The van der Waals surface area contributed by atoms with Crippen LogP contribution in [0.1, 0.15) is 15.9 Å². The van der Waals surface area contributed by atoms with Crippen LogP contribution in [-0.2, 0) is 16.6 Å². The maximum Gasteiger partial charge on any atom is 0.261 e. The number of nitrogens with zero attached hydrogens (tertiary/aromatic N) is 1. The number of methoxy groups -OCH3 is 1. The molecule has 0 heterocycles. The smallest absolute Gasteiger partial charge is 0.261 e. The Hall–Kier alpha value is -3.46. The van der Waals surface area contributed by atoms with Gasteiger partial charge < -0.3 is 9.64 Å². The molecule has 0 radical (unpaired) electrons. The lowest BCUT2D eigenvalue weighted by Crippen LogP contribution is -2.26. The number of hydrogen-bond acceptors (Lipinski definition) is 4. The highest BCUT2D eigenvalue weighted by Gasteiger charge is 2.16. The molecule has 0 atom stereocenters. The van der Waals surface area contributed by atoms with Crippen molar-refractivity contribution in [3.8, 4) is 5.75 Å². The number of ether oxygens (including phenoxy) is 1. The molecule has 0 spiro atoms. The first-order chi connectivity index (χ1) is 14.7. The van der Waals surface area contributed by atoms with Gasteiger partial charge in [0.15, 0.2) is 11.6 Å². The molecule has 3 aromatic carbocycles. The molecule has 0 aromatic heterocycles. The lowest BCUT2D eigenvalue weighted by Gasteiger charge is -2.18. The molecule has 31 heavy (non-hydrogen) atoms. The highest BCUT2D eigenvalue weighted by Crippen LogP contribution is 2.20. The predicted molar refractivity (Wildman–Crippen MR) is 112 cm³/mol. The summed E-state index contributed by atoms with van der Waals surface area (Å²) < 4.78 is 58.8. The van der Waals surface area contributed by atoms with Gasteiger partial charge in [-0.3, -0.25) is 9.52 Å². The van der Waals surface area contributed by atoms with E-state index in [0.29, 0.717) is 11.1 Å². The van der Waals surface area contributed by atoms with Gasteiger partial charge in [0, 0.05) is 24.8 Å². The Morgan fingerprint density at radius 3 is 2.23 bits per heavy atom. The summed E-state index contributed by atoms with van der Waals surface area (Å²) in [7, 11) is -0.937. The van der Waals surface area contributed by atoms with Gasteiger partial charge in [-0.05, 0) is 66.2 Å². The third-order valence-electron chi connectivity index (χ3n) is 4.49. The van der Waals surface area contributed by atoms with Crippen LogP contribution in [0.15, 0.2) is 71.6 Å². The molecule has 0 aliphatic heterocycles. The van der Waals surface area contributed by atoms with Gasteiger partial charge in [-0.1, -0.05) is 6.07 Å². The Labute approximate surface area is 179 Å². The molecule has 0 fully saturated rings. The molecular formula is C22H20F2N2O4S. The second-order valence-electron chi connectivity index (χ2n) is 6.77. The lowest BCUT2D eigenvalue weighted by atomic mass is 10.1. The summed E-state index contributed by atoms with van der Waals surface area (Å²) in [6, 6.07) is 14.8. The van der Waals surface area contributed by atoms with Crippen LogP contribution in [0.2, 0.25) is 0 Å². The fraction of sp³-hybridized carbons (Fsp3) is 0.136. The van der Waals surface area contributed by atoms with Gasteiger partial charge >= 0.3 is 0 Å². The van der Waals surface area contributed by atoms with E-state index in [-0.39, 0.29) is 28.8 Å². The van der Waals surface area contributed by atoms with Crippen LogP contribution >= 0.6 is 0 Å². The number of hydrogen-bond donors (Lipinski definition) is 1. The standard InChI is InChI=1S/C22H20F2N2O4S/c1-26(14-15-3-12-21(30-2)20(24)13-15)22(27)16-4-8-18(9-5-16)25-31(28,29)19-10-6-17(23)7-11-19/h3-13,25H,14H2,1-2H3. The normalized spacial score (nSPS) is 11.1. The summed E-state index contributed by atoms with van der Waals surface area (Å²) in [6.07, 6.45) is 0. The van der Waals surface area contributed by atoms with Crippen molar-refractivity contribution in [2.75, 3.05) is 18.9 Å². The minimum Gasteiger partial charge on any atom is -0.494 e. The second-order valence-corrected chi connectivity index (χ2v) is 8.45. The summed E-state index contributed by atoms with van der Waals surface area (Å²) in [5.74, 6) is -1.25. The van der Waals surface area contributed by atoms with Gasteiger partial charge in [0.25, 0.3) is 15.9 Å². The molecule has 0 bridgehead atoms. The van der Waals surface area contributed by atoms with Crippen molar-refractivity contribution in [2.45, 2.75) is 11.4 Å². The minimum atomic E-state index is -3.89. The molecule has 6 nitrogen and oxygen atoms in total. The SMILES string of the molecule is COc1ccc(CN(C)C(=O)c2ccc(NS(=O)(=O)c3ccc(F)cc3)cc2)cc1F. The van der Waals surface area contributed by atoms with Crippen LogP contribution in [0.3, 0.4) is 0 Å². The van der Waals surface area contributed by atoms with E-state index in [1.165, 1.54) is 48.4 Å². The van der Waals surface area contributed by atoms with E-state index in [2.05, 4.69) is 4.72 Å². The number of rotatable bonds is 7. The highest BCUT2D eigenvalue weighted by molar-refractivity contribution is 7.92.